The Morgan fingerprint density at radius 3 is 2.50 bits per heavy atom. The van der Waals surface area contributed by atoms with Crippen LogP contribution in [0.5, 0.6) is 0 Å². The predicted octanol–water partition coefficient (Wildman–Crippen LogP) is 4.46. The van der Waals surface area contributed by atoms with Gasteiger partial charge in [-0.25, -0.2) is 8.42 Å². The molecule has 2 N–H and O–H groups in total. The zero-order chi connectivity index (χ0) is 21.9. The van der Waals surface area contributed by atoms with Crippen molar-refractivity contribution in [3.05, 3.63) is 76.4 Å². The van der Waals surface area contributed by atoms with Crippen LogP contribution in [0, 0.1) is 0 Å². The quantitative estimate of drug-likeness (QED) is 0.560. The number of carbonyl (C=O) groups is 1. The lowest BCUT2D eigenvalue weighted by atomic mass is 10.1. The zero-order valence-corrected chi connectivity index (χ0v) is 18.2. The van der Waals surface area contributed by atoms with Crippen LogP contribution < -0.4 is 5.32 Å². The van der Waals surface area contributed by atoms with Crippen molar-refractivity contribution in [3.63, 3.8) is 0 Å². The van der Waals surface area contributed by atoms with Gasteiger partial charge in [-0.1, -0.05) is 29.3 Å². The highest BCUT2D eigenvalue weighted by atomic mass is 35.5. The number of sulfone groups is 1. The molecule has 2 aromatic carbocycles. The predicted molar refractivity (Wildman–Crippen MR) is 118 cm³/mol. The summed E-state index contributed by atoms with van der Waals surface area (Å²) >= 11 is 12.4. The van der Waals surface area contributed by atoms with Crippen molar-refractivity contribution >= 4 is 44.6 Å². The number of aromatic nitrogens is 1. The highest BCUT2D eigenvalue weighted by Crippen LogP contribution is 2.30. The van der Waals surface area contributed by atoms with Gasteiger partial charge in [0.2, 0.25) is 0 Å². The first-order valence-corrected chi connectivity index (χ1v) is 11.3. The molecule has 1 heterocycles. The van der Waals surface area contributed by atoms with Gasteiger partial charge in [0.1, 0.15) is 0 Å². The SMILES string of the molecule is C[C@@H](O)CS(=O)(=O)c1ccc(C(=O)Nc2ccc(Cl)c(-c3ccccn3)c2)c(Cl)c1. The minimum absolute atomic E-state index is 0.0157. The number of aliphatic hydroxyl groups is 1. The van der Waals surface area contributed by atoms with E-state index in [1.54, 1.807) is 36.5 Å². The lowest BCUT2D eigenvalue weighted by Gasteiger charge is -2.11. The monoisotopic (exact) mass is 464 g/mol. The van der Waals surface area contributed by atoms with Crippen LogP contribution in [0.3, 0.4) is 0 Å². The van der Waals surface area contributed by atoms with Gasteiger partial charge in [-0.3, -0.25) is 9.78 Å². The molecule has 1 aromatic heterocycles. The van der Waals surface area contributed by atoms with Gasteiger partial charge in [0.15, 0.2) is 9.84 Å². The number of pyridine rings is 1. The molecular weight excluding hydrogens is 447 g/mol. The van der Waals surface area contributed by atoms with Crippen molar-refractivity contribution in [2.45, 2.75) is 17.9 Å². The summed E-state index contributed by atoms with van der Waals surface area (Å²) in [6.07, 6.45) is 0.624. The first kappa shape index (κ1) is 22.2. The van der Waals surface area contributed by atoms with Crippen molar-refractivity contribution < 1.29 is 18.3 Å². The number of rotatable bonds is 6. The number of hydrogen-bond acceptors (Lipinski definition) is 5. The molecule has 0 aliphatic rings. The lowest BCUT2D eigenvalue weighted by molar-refractivity contribution is 0.102. The third-order valence-electron chi connectivity index (χ3n) is 4.17. The largest absolute Gasteiger partial charge is 0.392 e. The molecule has 0 bridgehead atoms. The van der Waals surface area contributed by atoms with Gasteiger partial charge in [0.05, 0.1) is 38.1 Å². The Hall–Kier alpha value is -2.45. The molecule has 30 heavy (non-hydrogen) atoms. The van der Waals surface area contributed by atoms with Crippen LogP contribution in [0.2, 0.25) is 10.0 Å². The standard InChI is InChI=1S/C21H18Cl2N2O4S/c1-13(26)12-30(28,29)15-6-7-16(19(23)11-15)21(27)25-14-5-8-18(22)17(10-14)20-4-2-3-9-24-20/h2-11,13,26H,12H2,1H3,(H,25,27)/t13-/m1/s1. The molecule has 6 nitrogen and oxygen atoms in total. The van der Waals surface area contributed by atoms with Crippen molar-refractivity contribution in [3.8, 4) is 11.3 Å². The molecule has 156 valence electrons. The molecule has 3 aromatic rings. The van der Waals surface area contributed by atoms with E-state index in [1.165, 1.54) is 25.1 Å². The van der Waals surface area contributed by atoms with E-state index in [9.17, 15) is 18.3 Å². The fraction of sp³-hybridized carbons (Fsp3) is 0.143. The van der Waals surface area contributed by atoms with E-state index < -0.39 is 27.6 Å². The summed E-state index contributed by atoms with van der Waals surface area (Å²) < 4.78 is 24.5. The second-order valence-electron chi connectivity index (χ2n) is 6.64. The molecule has 0 aliphatic carbocycles. The van der Waals surface area contributed by atoms with Crippen molar-refractivity contribution in [1.82, 2.24) is 4.98 Å². The number of benzene rings is 2. The molecule has 9 heteroatoms. The zero-order valence-electron chi connectivity index (χ0n) is 15.8. The minimum atomic E-state index is -3.71. The van der Waals surface area contributed by atoms with Gasteiger partial charge in [0, 0.05) is 17.4 Å². The number of nitrogens with one attached hydrogen (secondary N) is 1. The van der Waals surface area contributed by atoms with Gasteiger partial charge in [-0.05, 0) is 55.5 Å². The molecule has 3 rings (SSSR count). The minimum Gasteiger partial charge on any atom is -0.392 e. The maximum absolute atomic E-state index is 12.7. The first-order chi connectivity index (χ1) is 14.2. The molecule has 0 spiro atoms. The molecule has 0 radical (unpaired) electrons. The molecule has 0 aliphatic heterocycles. The van der Waals surface area contributed by atoms with Gasteiger partial charge in [0.25, 0.3) is 5.91 Å². The summed E-state index contributed by atoms with van der Waals surface area (Å²) in [5.41, 5.74) is 1.90. The molecule has 0 saturated carbocycles. The van der Waals surface area contributed by atoms with Crippen LogP contribution >= 0.6 is 23.2 Å². The summed E-state index contributed by atoms with van der Waals surface area (Å²) in [5, 5.41) is 12.6. The lowest BCUT2D eigenvalue weighted by Crippen LogP contribution is -2.18. The average molecular weight is 465 g/mol. The second-order valence-corrected chi connectivity index (χ2v) is 9.48. The highest BCUT2D eigenvalue weighted by Gasteiger charge is 2.20. The summed E-state index contributed by atoms with van der Waals surface area (Å²) in [7, 11) is -3.71. The number of hydrogen-bond donors (Lipinski definition) is 2. The van der Waals surface area contributed by atoms with E-state index in [-0.39, 0.29) is 15.5 Å². The number of aliphatic hydroxyl groups excluding tert-OH is 1. The Balaban J connectivity index is 1.85. The van der Waals surface area contributed by atoms with E-state index in [2.05, 4.69) is 10.3 Å². The number of nitrogens with zero attached hydrogens (tertiary/aromatic N) is 1. The topological polar surface area (TPSA) is 96.4 Å². The molecule has 0 saturated heterocycles. The Kier molecular flexibility index (Phi) is 6.77. The smallest absolute Gasteiger partial charge is 0.257 e. The van der Waals surface area contributed by atoms with Crippen LogP contribution in [0.1, 0.15) is 17.3 Å². The fourth-order valence-electron chi connectivity index (χ4n) is 2.81. The fourth-order valence-corrected chi connectivity index (χ4v) is 4.75. The number of anilines is 1. The molecule has 0 fully saturated rings. The Bertz CT molecular complexity index is 1180. The van der Waals surface area contributed by atoms with Crippen molar-refractivity contribution in [1.29, 1.82) is 0 Å². The maximum Gasteiger partial charge on any atom is 0.257 e. The average Bonchev–Trinajstić information content (AvgIpc) is 2.69. The summed E-state index contributed by atoms with van der Waals surface area (Å²) in [6.45, 7) is 1.38. The van der Waals surface area contributed by atoms with Crippen LogP contribution in [0.25, 0.3) is 11.3 Å². The number of halogens is 2. The van der Waals surface area contributed by atoms with Crippen LogP contribution in [0.4, 0.5) is 5.69 Å². The van der Waals surface area contributed by atoms with Crippen LogP contribution in [-0.4, -0.2) is 36.3 Å². The first-order valence-electron chi connectivity index (χ1n) is 8.90. The van der Waals surface area contributed by atoms with Gasteiger partial charge >= 0.3 is 0 Å². The maximum atomic E-state index is 12.7. The summed E-state index contributed by atoms with van der Waals surface area (Å²) in [5.74, 6) is -0.940. The van der Waals surface area contributed by atoms with E-state index in [0.717, 1.165) is 0 Å². The highest BCUT2D eigenvalue weighted by molar-refractivity contribution is 7.91. The normalized spacial score (nSPS) is 12.4. The van der Waals surface area contributed by atoms with Crippen molar-refractivity contribution in [2.75, 3.05) is 11.1 Å². The third kappa shape index (κ3) is 5.17. The van der Waals surface area contributed by atoms with E-state index in [0.29, 0.717) is 22.0 Å². The van der Waals surface area contributed by atoms with Gasteiger partial charge in [-0.15, -0.1) is 0 Å². The van der Waals surface area contributed by atoms with Crippen LogP contribution in [-0.2, 0) is 9.84 Å². The van der Waals surface area contributed by atoms with E-state index in [1.807, 2.05) is 6.07 Å². The molecule has 0 unspecified atom stereocenters. The molecule has 1 amide bonds. The van der Waals surface area contributed by atoms with Gasteiger partial charge in [-0.2, -0.15) is 0 Å². The van der Waals surface area contributed by atoms with Crippen molar-refractivity contribution in [2.24, 2.45) is 0 Å². The Morgan fingerprint density at radius 1 is 1.10 bits per heavy atom. The third-order valence-corrected chi connectivity index (χ3v) is 6.71. The molecule has 1 atom stereocenters. The Morgan fingerprint density at radius 2 is 1.87 bits per heavy atom. The second kappa shape index (κ2) is 9.14. The summed E-state index contributed by atoms with van der Waals surface area (Å²) in [4.78, 5) is 16.9. The van der Waals surface area contributed by atoms with E-state index in [4.69, 9.17) is 23.2 Å². The number of amides is 1. The number of carbonyl (C=O) groups excluding carboxylic acids is 1. The van der Waals surface area contributed by atoms with E-state index >= 15 is 0 Å². The molecular formula is C21H18Cl2N2O4S. The Labute approximate surface area is 184 Å². The van der Waals surface area contributed by atoms with Crippen LogP contribution in [0.15, 0.2) is 65.7 Å². The van der Waals surface area contributed by atoms with Gasteiger partial charge < -0.3 is 10.4 Å². The summed E-state index contributed by atoms with van der Waals surface area (Å²) in [6, 6.07) is 14.2.